The van der Waals surface area contributed by atoms with Crippen molar-refractivity contribution in [1.29, 1.82) is 0 Å². The van der Waals surface area contributed by atoms with E-state index in [0.717, 1.165) is 24.3 Å². The second-order valence-electron chi connectivity index (χ2n) is 4.47. The first-order valence-electron chi connectivity index (χ1n) is 6.48. The van der Waals surface area contributed by atoms with Crippen LogP contribution in [0, 0.1) is 0 Å². The number of rotatable bonds is 5. The molecule has 22 heavy (non-hydrogen) atoms. The highest BCUT2D eigenvalue weighted by molar-refractivity contribution is 6.10. The Morgan fingerprint density at radius 1 is 1.05 bits per heavy atom. The zero-order valence-electron chi connectivity index (χ0n) is 11.4. The molecule has 116 valence electrons. The molecule has 0 amide bonds. The lowest BCUT2D eigenvalue weighted by Crippen LogP contribution is -2.09. The van der Waals surface area contributed by atoms with Crippen LogP contribution in [0.25, 0.3) is 0 Å². The van der Waals surface area contributed by atoms with Gasteiger partial charge in [0.15, 0.2) is 5.78 Å². The van der Waals surface area contributed by atoms with Gasteiger partial charge in [-0.3, -0.25) is 4.79 Å². The number of ketones is 1. The van der Waals surface area contributed by atoms with Gasteiger partial charge in [0.05, 0.1) is 17.7 Å². The Morgan fingerprint density at radius 2 is 1.68 bits per heavy atom. The number of benzene rings is 2. The van der Waals surface area contributed by atoms with Gasteiger partial charge in [-0.2, -0.15) is 13.2 Å². The van der Waals surface area contributed by atoms with Crippen LogP contribution in [0.2, 0.25) is 0 Å². The minimum absolute atomic E-state index is 0.0251. The minimum Gasteiger partial charge on any atom is -0.490 e. The first-order chi connectivity index (χ1) is 10.4. The molecule has 0 spiro atoms. The lowest BCUT2D eigenvalue weighted by Gasteiger charge is -2.11. The molecule has 0 saturated carbocycles. The lowest BCUT2D eigenvalue weighted by molar-refractivity contribution is -0.137. The van der Waals surface area contributed by atoms with E-state index >= 15 is 0 Å². The van der Waals surface area contributed by atoms with Crippen molar-refractivity contribution in [3.63, 3.8) is 0 Å². The van der Waals surface area contributed by atoms with Crippen molar-refractivity contribution in [2.45, 2.75) is 6.18 Å². The highest BCUT2D eigenvalue weighted by Gasteiger charge is 2.30. The molecule has 0 bridgehead atoms. The van der Waals surface area contributed by atoms with Gasteiger partial charge in [-0.15, -0.1) is 0 Å². The van der Waals surface area contributed by atoms with Gasteiger partial charge in [0.2, 0.25) is 0 Å². The Morgan fingerprint density at radius 3 is 2.27 bits per heavy atom. The Kier molecular flexibility index (Phi) is 4.82. The third-order valence-electron chi connectivity index (χ3n) is 2.95. The predicted octanol–water partition coefficient (Wildman–Crippen LogP) is 3.31. The molecular formula is C16H13F3O3. The van der Waals surface area contributed by atoms with Gasteiger partial charge in [-0.1, -0.05) is 24.3 Å². The Balaban J connectivity index is 2.28. The molecule has 0 unspecified atom stereocenters. The summed E-state index contributed by atoms with van der Waals surface area (Å²) in [5.74, 6) is -0.163. The molecule has 0 aliphatic carbocycles. The van der Waals surface area contributed by atoms with Crippen molar-refractivity contribution < 1.29 is 27.8 Å². The molecule has 0 fully saturated rings. The summed E-state index contributed by atoms with van der Waals surface area (Å²) >= 11 is 0. The number of carbonyl (C=O) groups is 1. The quantitative estimate of drug-likeness (QED) is 0.862. The normalized spacial score (nSPS) is 11.3. The third-order valence-corrected chi connectivity index (χ3v) is 2.95. The molecule has 2 aromatic rings. The summed E-state index contributed by atoms with van der Waals surface area (Å²) in [6.45, 7) is -0.180. The number of para-hydroxylation sites is 1. The summed E-state index contributed by atoms with van der Waals surface area (Å²) in [6.07, 6.45) is -4.44. The molecule has 0 aliphatic rings. The largest absolute Gasteiger partial charge is 0.490 e. The van der Waals surface area contributed by atoms with Crippen LogP contribution in [0.1, 0.15) is 21.5 Å². The molecule has 0 radical (unpaired) electrons. The Bertz CT molecular complexity index is 648. The standard InChI is InChI=1S/C16H13F3O3/c17-16(18,19)12-7-5-11(6-8-12)15(21)13-3-1-2-4-14(13)22-10-9-20/h1-8,20H,9-10H2. The fourth-order valence-electron chi connectivity index (χ4n) is 1.90. The molecule has 2 aromatic carbocycles. The molecular weight excluding hydrogens is 297 g/mol. The van der Waals surface area contributed by atoms with Crippen LogP contribution >= 0.6 is 0 Å². The van der Waals surface area contributed by atoms with E-state index in [2.05, 4.69) is 0 Å². The van der Waals surface area contributed by atoms with Crippen molar-refractivity contribution in [1.82, 2.24) is 0 Å². The topological polar surface area (TPSA) is 46.5 Å². The van der Waals surface area contributed by atoms with Crippen LogP contribution in [0.5, 0.6) is 5.75 Å². The Hall–Kier alpha value is -2.34. The number of carbonyl (C=O) groups excluding carboxylic acids is 1. The maximum Gasteiger partial charge on any atom is 0.416 e. The zero-order chi connectivity index (χ0) is 16.2. The van der Waals surface area contributed by atoms with Crippen LogP contribution in [-0.2, 0) is 6.18 Å². The van der Waals surface area contributed by atoms with E-state index in [9.17, 15) is 18.0 Å². The predicted molar refractivity (Wildman–Crippen MR) is 73.9 cm³/mol. The first kappa shape index (κ1) is 16.0. The van der Waals surface area contributed by atoms with E-state index in [1.54, 1.807) is 18.2 Å². The van der Waals surface area contributed by atoms with Crippen molar-refractivity contribution in [2.75, 3.05) is 13.2 Å². The summed E-state index contributed by atoms with van der Waals surface area (Å²) in [7, 11) is 0. The number of halogens is 3. The third kappa shape index (κ3) is 3.65. The van der Waals surface area contributed by atoms with E-state index in [4.69, 9.17) is 9.84 Å². The number of ether oxygens (including phenoxy) is 1. The molecule has 0 atom stereocenters. The van der Waals surface area contributed by atoms with Crippen molar-refractivity contribution in [3.05, 3.63) is 65.2 Å². The van der Waals surface area contributed by atoms with E-state index < -0.39 is 17.5 Å². The number of aliphatic hydroxyl groups excluding tert-OH is 1. The summed E-state index contributed by atoms with van der Waals surface area (Å²) in [5.41, 5.74) is -0.447. The highest BCUT2D eigenvalue weighted by Crippen LogP contribution is 2.30. The van der Waals surface area contributed by atoms with Gasteiger partial charge in [0, 0.05) is 5.56 Å². The monoisotopic (exact) mass is 310 g/mol. The molecule has 0 aromatic heterocycles. The number of aliphatic hydroxyl groups is 1. The maximum atomic E-state index is 12.5. The van der Waals surface area contributed by atoms with E-state index in [1.165, 1.54) is 6.07 Å². The second kappa shape index (κ2) is 6.62. The van der Waals surface area contributed by atoms with Crippen LogP contribution in [0.4, 0.5) is 13.2 Å². The first-order valence-corrected chi connectivity index (χ1v) is 6.48. The molecule has 3 nitrogen and oxygen atoms in total. The molecule has 2 rings (SSSR count). The molecule has 0 heterocycles. The van der Waals surface area contributed by atoms with Gasteiger partial charge >= 0.3 is 6.18 Å². The minimum atomic E-state index is -4.44. The summed E-state index contributed by atoms with van der Waals surface area (Å²) < 4.78 is 42.8. The Labute approximate surface area is 125 Å². The fraction of sp³-hybridized carbons (Fsp3) is 0.188. The van der Waals surface area contributed by atoms with Gasteiger partial charge < -0.3 is 9.84 Å². The van der Waals surface area contributed by atoms with Crippen LogP contribution in [0.3, 0.4) is 0 Å². The number of hydrogen-bond acceptors (Lipinski definition) is 3. The average molecular weight is 310 g/mol. The molecule has 0 saturated heterocycles. The zero-order valence-corrected chi connectivity index (χ0v) is 11.4. The molecule has 1 N–H and O–H groups in total. The van der Waals surface area contributed by atoms with Crippen molar-refractivity contribution in [3.8, 4) is 5.75 Å². The van der Waals surface area contributed by atoms with Crippen molar-refractivity contribution in [2.24, 2.45) is 0 Å². The van der Waals surface area contributed by atoms with Crippen LogP contribution < -0.4 is 4.74 Å². The summed E-state index contributed by atoms with van der Waals surface area (Å²) in [6, 6.07) is 10.4. The average Bonchev–Trinajstić information content (AvgIpc) is 2.52. The van der Waals surface area contributed by atoms with Gasteiger partial charge in [0.25, 0.3) is 0 Å². The fourth-order valence-corrected chi connectivity index (χ4v) is 1.90. The number of hydrogen-bond donors (Lipinski definition) is 1. The van der Waals surface area contributed by atoms with E-state index in [-0.39, 0.29) is 30.1 Å². The highest BCUT2D eigenvalue weighted by atomic mass is 19.4. The molecule has 0 aliphatic heterocycles. The van der Waals surface area contributed by atoms with Crippen LogP contribution in [-0.4, -0.2) is 24.1 Å². The van der Waals surface area contributed by atoms with Crippen molar-refractivity contribution >= 4 is 5.78 Å². The van der Waals surface area contributed by atoms with Crippen LogP contribution in [0.15, 0.2) is 48.5 Å². The lowest BCUT2D eigenvalue weighted by atomic mass is 10.0. The molecule has 6 heteroatoms. The van der Waals surface area contributed by atoms with E-state index in [0.29, 0.717) is 0 Å². The summed E-state index contributed by atoms with van der Waals surface area (Å²) in [4.78, 5) is 12.4. The summed E-state index contributed by atoms with van der Waals surface area (Å²) in [5, 5.41) is 8.76. The SMILES string of the molecule is O=C(c1ccc(C(F)(F)F)cc1)c1ccccc1OCCO. The van der Waals surface area contributed by atoms with E-state index in [1.807, 2.05) is 0 Å². The second-order valence-corrected chi connectivity index (χ2v) is 4.47. The van der Waals surface area contributed by atoms with Gasteiger partial charge in [-0.05, 0) is 24.3 Å². The maximum absolute atomic E-state index is 12.5. The smallest absolute Gasteiger partial charge is 0.416 e. The van der Waals surface area contributed by atoms with Gasteiger partial charge in [0.1, 0.15) is 12.4 Å². The number of alkyl halides is 3. The van der Waals surface area contributed by atoms with Gasteiger partial charge in [-0.25, -0.2) is 0 Å².